The Hall–Kier alpha value is -2.08. The Kier molecular flexibility index (Phi) is 7.33. The molecule has 6 nitrogen and oxygen atoms in total. The van der Waals surface area contributed by atoms with E-state index in [0.717, 1.165) is 12.0 Å². The average Bonchev–Trinajstić information content (AvgIpc) is 3.05. The van der Waals surface area contributed by atoms with Gasteiger partial charge in [-0.3, -0.25) is 10.1 Å². The number of hydrogen-bond acceptors (Lipinski definition) is 5. The molecule has 1 amide bonds. The molecule has 1 saturated heterocycles. The van der Waals surface area contributed by atoms with Crippen LogP contribution >= 0.6 is 0 Å². The first kappa shape index (κ1) is 23.2. The van der Waals surface area contributed by atoms with Crippen LogP contribution < -0.4 is 5.32 Å². The van der Waals surface area contributed by atoms with Crippen molar-refractivity contribution in [1.29, 1.82) is 0 Å². The maximum atomic E-state index is 12.8. The molecule has 1 aliphatic heterocycles. The molecule has 0 unspecified atom stereocenters. The monoisotopic (exact) mass is 405 g/mol. The zero-order valence-electron chi connectivity index (χ0n) is 18.5. The Balaban J connectivity index is 2.38. The number of ether oxygens (including phenoxy) is 3. The fourth-order valence-corrected chi connectivity index (χ4v) is 3.46. The van der Waals surface area contributed by atoms with Crippen molar-refractivity contribution in [1.82, 2.24) is 5.32 Å². The minimum absolute atomic E-state index is 0.172. The molecule has 1 aromatic rings. The summed E-state index contributed by atoms with van der Waals surface area (Å²) in [4.78, 5) is 25.3. The fourth-order valence-electron chi connectivity index (χ4n) is 3.46. The van der Waals surface area contributed by atoms with E-state index in [2.05, 4.69) is 26.1 Å². The summed E-state index contributed by atoms with van der Waals surface area (Å²) >= 11 is 0. The number of benzene rings is 1. The van der Waals surface area contributed by atoms with E-state index in [9.17, 15) is 9.59 Å². The molecule has 1 heterocycles. The van der Waals surface area contributed by atoms with Crippen molar-refractivity contribution in [2.45, 2.75) is 78.7 Å². The predicted octanol–water partition coefficient (Wildman–Crippen LogP) is 4.81. The molecule has 0 saturated carbocycles. The highest BCUT2D eigenvalue weighted by atomic mass is 16.6. The maximum absolute atomic E-state index is 12.8. The van der Waals surface area contributed by atoms with E-state index < -0.39 is 23.3 Å². The van der Waals surface area contributed by atoms with E-state index in [1.54, 1.807) is 20.8 Å². The standard InChI is InChI=1S/C23H35NO5/c1-7-22(5,6)16-23(18-13-14-27-19(18)25,24-20(26)29-21(2,3)4)28-15-17-11-9-8-10-12-17/h8-12,18H,7,13-16H2,1-6H3,(H,24,26)/t18-,23+/m1/s1. The van der Waals surface area contributed by atoms with Crippen LogP contribution in [0.4, 0.5) is 4.79 Å². The zero-order valence-corrected chi connectivity index (χ0v) is 18.5. The zero-order chi connectivity index (χ0) is 21.7. The number of cyclic esters (lactones) is 1. The van der Waals surface area contributed by atoms with Gasteiger partial charge in [0.15, 0.2) is 5.72 Å². The van der Waals surface area contributed by atoms with Gasteiger partial charge in [0.2, 0.25) is 0 Å². The van der Waals surface area contributed by atoms with Gasteiger partial charge in [0.25, 0.3) is 0 Å². The van der Waals surface area contributed by atoms with Gasteiger partial charge in [0.1, 0.15) is 11.5 Å². The van der Waals surface area contributed by atoms with Crippen LogP contribution in [0.2, 0.25) is 0 Å². The van der Waals surface area contributed by atoms with Gasteiger partial charge in [-0.1, -0.05) is 57.5 Å². The quantitative estimate of drug-likeness (QED) is 0.496. The van der Waals surface area contributed by atoms with E-state index in [1.807, 2.05) is 30.3 Å². The lowest BCUT2D eigenvalue weighted by molar-refractivity contribution is -0.166. The van der Waals surface area contributed by atoms with Crippen LogP contribution in [0.25, 0.3) is 0 Å². The molecule has 1 N–H and O–H groups in total. The summed E-state index contributed by atoms with van der Waals surface area (Å²) in [6, 6.07) is 9.71. The highest BCUT2D eigenvalue weighted by molar-refractivity contribution is 5.77. The Morgan fingerprint density at radius 3 is 2.34 bits per heavy atom. The first-order valence-corrected chi connectivity index (χ1v) is 10.3. The number of amides is 1. The molecule has 0 bridgehead atoms. The fraction of sp³-hybridized carbons (Fsp3) is 0.652. The molecule has 1 fully saturated rings. The first-order chi connectivity index (χ1) is 13.5. The number of rotatable bonds is 8. The summed E-state index contributed by atoms with van der Waals surface area (Å²) in [5.41, 5.74) is -1.09. The number of carbonyl (C=O) groups is 2. The van der Waals surface area contributed by atoms with Gasteiger partial charge in [0.05, 0.1) is 13.2 Å². The highest BCUT2D eigenvalue weighted by Crippen LogP contribution is 2.40. The Bertz CT molecular complexity index is 695. The van der Waals surface area contributed by atoms with Crippen LogP contribution in [0.5, 0.6) is 0 Å². The second kappa shape index (κ2) is 9.16. The molecule has 0 aliphatic carbocycles. The van der Waals surface area contributed by atoms with Crippen molar-refractivity contribution < 1.29 is 23.8 Å². The first-order valence-electron chi connectivity index (χ1n) is 10.3. The molecule has 0 aromatic heterocycles. The summed E-state index contributed by atoms with van der Waals surface area (Å²) in [7, 11) is 0. The van der Waals surface area contributed by atoms with Gasteiger partial charge in [-0.15, -0.1) is 0 Å². The molecule has 0 spiro atoms. The second-order valence-corrected chi connectivity index (χ2v) is 9.49. The Morgan fingerprint density at radius 1 is 1.17 bits per heavy atom. The average molecular weight is 406 g/mol. The van der Waals surface area contributed by atoms with Crippen LogP contribution in [0.15, 0.2) is 30.3 Å². The highest BCUT2D eigenvalue weighted by Gasteiger charge is 2.51. The van der Waals surface area contributed by atoms with Crippen LogP contribution in [0.3, 0.4) is 0 Å². The number of esters is 1. The van der Waals surface area contributed by atoms with Crippen LogP contribution in [-0.4, -0.2) is 30.0 Å². The minimum atomic E-state index is -1.22. The third-order valence-corrected chi connectivity index (χ3v) is 5.25. The summed E-state index contributed by atoms with van der Waals surface area (Å²) in [6.45, 7) is 12.3. The van der Waals surface area contributed by atoms with Crippen molar-refractivity contribution in [2.24, 2.45) is 11.3 Å². The van der Waals surface area contributed by atoms with Crippen molar-refractivity contribution in [3.63, 3.8) is 0 Å². The molecule has 2 rings (SSSR count). The van der Waals surface area contributed by atoms with Gasteiger partial charge in [0, 0.05) is 6.42 Å². The smallest absolute Gasteiger partial charge is 0.409 e. The molecule has 162 valence electrons. The summed E-state index contributed by atoms with van der Waals surface area (Å²) < 4.78 is 17.1. The lowest BCUT2D eigenvalue weighted by Gasteiger charge is -2.42. The van der Waals surface area contributed by atoms with Crippen molar-refractivity contribution in [3.8, 4) is 0 Å². The number of nitrogens with one attached hydrogen (secondary N) is 1. The Labute approximate surface area is 174 Å². The minimum Gasteiger partial charge on any atom is -0.465 e. The van der Waals surface area contributed by atoms with Gasteiger partial charge >= 0.3 is 12.1 Å². The summed E-state index contributed by atoms with van der Waals surface area (Å²) in [5, 5.41) is 2.94. The van der Waals surface area contributed by atoms with E-state index in [-0.39, 0.29) is 18.0 Å². The molecular formula is C23H35NO5. The van der Waals surface area contributed by atoms with Crippen LogP contribution in [0, 0.1) is 11.3 Å². The number of carbonyl (C=O) groups excluding carboxylic acids is 2. The largest absolute Gasteiger partial charge is 0.465 e. The van der Waals surface area contributed by atoms with Gasteiger partial charge in [-0.2, -0.15) is 0 Å². The molecular weight excluding hydrogens is 370 g/mol. The molecule has 1 aliphatic rings. The van der Waals surface area contributed by atoms with Gasteiger partial charge in [-0.25, -0.2) is 4.79 Å². The number of hydrogen-bond donors (Lipinski definition) is 1. The van der Waals surface area contributed by atoms with Crippen LogP contribution in [0.1, 0.15) is 66.4 Å². The van der Waals surface area contributed by atoms with E-state index in [4.69, 9.17) is 14.2 Å². The Morgan fingerprint density at radius 2 is 1.83 bits per heavy atom. The third kappa shape index (κ3) is 6.74. The topological polar surface area (TPSA) is 73.9 Å². The van der Waals surface area contributed by atoms with E-state index >= 15 is 0 Å². The normalized spacial score (nSPS) is 19.4. The van der Waals surface area contributed by atoms with E-state index in [1.165, 1.54) is 0 Å². The second-order valence-electron chi connectivity index (χ2n) is 9.49. The molecule has 0 radical (unpaired) electrons. The third-order valence-electron chi connectivity index (χ3n) is 5.25. The molecule has 1 aromatic carbocycles. The van der Waals surface area contributed by atoms with Crippen LogP contribution in [-0.2, 0) is 25.6 Å². The molecule has 6 heteroatoms. The van der Waals surface area contributed by atoms with E-state index in [0.29, 0.717) is 19.4 Å². The lowest BCUT2D eigenvalue weighted by atomic mass is 9.76. The summed E-state index contributed by atoms with van der Waals surface area (Å²) in [5.74, 6) is -0.939. The van der Waals surface area contributed by atoms with Crippen molar-refractivity contribution >= 4 is 12.1 Å². The number of alkyl carbamates (subject to hydrolysis) is 1. The SMILES string of the molecule is CCC(C)(C)C[C@](NC(=O)OC(C)(C)C)(OCc1ccccc1)[C@@H]1CCOC1=O. The lowest BCUT2D eigenvalue weighted by Crippen LogP contribution is -2.59. The summed E-state index contributed by atoms with van der Waals surface area (Å²) in [6.07, 6.45) is 1.21. The van der Waals surface area contributed by atoms with Crippen molar-refractivity contribution in [2.75, 3.05) is 6.61 Å². The predicted molar refractivity (Wildman–Crippen MR) is 111 cm³/mol. The van der Waals surface area contributed by atoms with Gasteiger partial charge < -0.3 is 14.2 Å². The maximum Gasteiger partial charge on any atom is 0.409 e. The molecule has 2 atom stereocenters. The van der Waals surface area contributed by atoms with Gasteiger partial charge in [-0.05, 0) is 38.2 Å². The molecule has 29 heavy (non-hydrogen) atoms. The van der Waals surface area contributed by atoms with Crippen molar-refractivity contribution in [3.05, 3.63) is 35.9 Å².